The zero-order chi connectivity index (χ0) is 12.8. The zero-order valence-electron chi connectivity index (χ0n) is 9.56. The van der Waals surface area contributed by atoms with Gasteiger partial charge in [-0.05, 0) is 24.3 Å². The van der Waals surface area contributed by atoms with Crippen molar-refractivity contribution in [2.45, 2.75) is 12.7 Å². The first-order valence-corrected chi connectivity index (χ1v) is 7.20. The van der Waals surface area contributed by atoms with Crippen LogP contribution in [0.4, 0.5) is 5.69 Å². The van der Waals surface area contributed by atoms with Gasteiger partial charge in [-0.25, -0.2) is 0 Å². The van der Waals surface area contributed by atoms with Crippen molar-refractivity contribution < 1.29 is 4.92 Å². The molecule has 0 heterocycles. The van der Waals surface area contributed by atoms with E-state index in [9.17, 15) is 10.1 Å². The van der Waals surface area contributed by atoms with Crippen LogP contribution in [-0.2, 0) is 5.75 Å². The maximum absolute atomic E-state index is 10.9. The molecule has 0 aromatic heterocycles. The summed E-state index contributed by atoms with van der Waals surface area (Å²) in [5.74, 6) is 2.01. The number of halogens is 1. The van der Waals surface area contributed by atoms with Crippen LogP contribution in [0.15, 0.2) is 22.7 Å². The Bertz CT molecular complexity index is 401. The van der Waals surface area contributed by atoms with Gasteiger partial charge in [0.15, 0.2) is 0 Å². The highest BCUT2D eigenvalue weighted by molar-refractivity contribution is 9.10. The molecule has 6 heteroatoms. The van der Waals surface area contributed by atoms with Crippen LogP contribution in [-0.4, -0.2) is 17.2 Å². The van der Waals surface area contributed by atoms with Gasteiger partial charge in [0, 0.05) is 21.9 Å². The predicted octanol–water partition coefficient (Wildman–Crippen LogP) is 3.19. The minimum Gasteiger partial charge on any atom is -0.330 e. The van der Waals surface area contributed by atoms with E-state index in [0.29, 0.717) is 18.2 Å². The van der Waals surface area contributed by atoms with Crippen molar-refractivity contribution in [3.8, 4) is 0 Å². The summed E-state index contributed by atoms with van der Waals surface area (Å²) in [5.41, 5.74) is 6.45. The average molecular weight is 319 g/mol. The molecular formula is C11H15BrN2O2S. The Morgan fingerprint density at radius 2 is 2.29 bits per heavy atom. The first-order valence-electron chi connectivity index (χ1n) is 5.25. The van der Waals surface area contributed by atoms with Gasteiger partial charge in [-0.15, -0.1) is 0 Å². The molecule has 0 bridgehead atoms. The molecule has 0 saturated heterocycles. The molecule has 2 N–H and O–H groups in total. The monoisotopic (exact) mass is 318 g/mol. The SMILES string of the molecule is CC(CN)CSCc1ccc(Br)cc1[N+](=O)[O-]. The summed E-state index contributed by atoms with van der Waals surface area (Å²) in [4.78, 5) is 10.5. The predicted molar refractivity (Wildman–Crippen MR) is 75.2 cm³/mol. The van der Waals surface area contributed by atoms with Crippen molar-refractivity contribution in [2.75, 3.05) is 12.3 Å². The number of benzene rings is 1. The number of rotatable bonds is 6. The fourth-order valence-electron chi connectivity index (χ4n) is 1.27. The topological polar surface area (TPSA) is 69.2 Å². The summed E-state index contributed by atoms with van der Waals surface area (Å²) >= 11 is 4.92. The molecule has 17 heavy (non-hydrogen) atoms. The number of hydrogen-bond donors (Lipinski definition) is 1. The Kier molecular flexibility index (Phi) is 5.94. The van der Waals surface area contributed by atoms with E-state index in [-0.39, 0.29) is 10.6 Å². The van der Waals surface area contributed by atoms with Crippen molar-refractivity contribution >= 4 is 33.4 Å². The lowest BCUT2D eigenvalue weighted by Crippen LogP contribution is -2.12. The average Bonchev–Trinajstić information content (AvgIpc) is 2.30. The van der Waals surface area contributed by atoms with Gasteiger partial charge in [0.25, 0.3) is 5.69 Å². The van der Waals surface area contributed by atoms with Crippen LogP contribution in [0.5, 0.6) is 0 Å². The minimum atomic E-state index is -0.340. The molecule has 1 atom stereocenters. The number of hydrogen-bond acceptors (Lipinski definition) is 4. The maximum Gasteiger partial charge on any atom is 0.274 e. The molecule has 1 aromatic carbocycles. The fourth-order valence-corrected chi connectivity index (χ4v) is 2.74. The smallest absolute Gasteiger partial charge is 0.274 e. The molecule has 1 rings (SSSR count). The van der Waals surface area contributed by atoms with E-state index in [0.717, 1.165) is 15.8 Å². The number of nitro groups is 1. The van der Waals surface area contributed by atoms with E-state index in [1.807, 2.05) is 6.07 Å². The number of nitro benzene ring substituents is 1. The molecule has 94 valence electrons. The van der Waals surface area contributed by atoms with Crippen LogP contribution in [0, 0.1) is 16.0 Å². The molecule has 0 aliphatic carbocycles. The molecule has 4 nitrogen and oxygen atoms in total. The van der Waals surface area contributed by atoms with Gasteiger partial charge in [-0.3, -0.25) is 10.1 Å². The standard InChI is InChI=1S/C11H15BrN2O2S/c1-8(5-13)6-17-7-9-2-3-10(12)4-11(9)14(15)16/h2-4,8H,5-7,13H2,1H3. The molecule has 0 aliphatic rings. The second kappa shape index (κ2) is 6.98. The van der Waals surface area contributed by atoms with Crippen LogP contribution in [0.25, 0.3) is 0 Å². The lowest BCUT2D eigenvalue weighted by atomic mass is 10.2. The lowest BCUT2D eigenvalue weighted by molar-refractivity contribution is -0.385. The molecule has 1 unspecified atom stereocenters. The van der Waals surface area contributed by atoms with Gasteiger partial charge in [0.1, 0.15) is 0 Å². The summed E-state index contributed by atoms with van der Waals surface area (Å²) in [6.07, 6.45) is 0. The minimum absolute atomic E-state index is 0.173. The fraction of sp³-hybridized carbons (Fsp3) is 0.455. The van der Waals surface area contributed by atoms with Gasteiger partial charge >= 0.3 is 0 Å². The number of thioether (sulfide) groups is 1. The van der Waals surface area contributed by atoms with Crippen LogP contribution in [0.3, 0.4) is 0 Å². The third kappa shape index (κ3) is 4.65. The quantitative estimate of drug-likeness (QED) is 0.646. The first-order chi connectivity index (χ1) is 8.04. The Morgan fingerprint density at radius 1 is 1.59 bits per heavy atom. The highest BCUT2D eigenvalue weighted by atomic mass is 79.9. The van der Waals surface area contributed by atoms with Gasteiger partial charge < -0.3 is 5.73 Å². The highest BCUT2D eigenvalue weighted by Crippen LogP contribution is 2.27. The molecular weight excluding hydrogens is 304 g/mol. The molecule has 1 aromatic rings. The van der Waals surface area contributed by atoms with Crippen molar-refractivity contribution in [2.24, 2.45) is 11.7 Å². The van der Waals surface area contributed by atoms with Crippen LogP contribution >= 0.6 is 27.7 Å². The van der Waals surface area contributed by atoms with Crippen LogP contribution in [0.2, 0.25) is 0 Å². The molecule has 0 aliphatic heterocycles. The Balaban J connectivity index is 2.67. The summed E-state index contributed by atoms with van der Waals surface area (Å²) in [7, 11) is 0. The van der Waals surface area contributed by atoms with Gasteiger partial charge in [0.2, 0.25) is 0 Å². The Morgan fingerprint density at radius 3 is 2.88 bits per heavy atom. The third-order valence-electron chi connectivity index (χ3n) is 2.31. The number of nitrogens with zero attached hydrogens (tertiary/aromatic N) is 1. The second-order valence-electron chi connectivity index (χ2n) is 3.89. The molecule has 0 spiro atoms. The summed E-state index contributed by atoms with van der Waals surface area (Å²) < 4.78 is 0.730. The maximum atomic E-state index is 10.9. The van der Waals surface area contributed by atoms with Crippen molar-refractivity contribution in [1.82, 2.24) is 0 Å². The second-order valence-corrected chi connectivity index (χ2v) is 5.83. The highest BCUT2D eigenvalue weighted by Gasteiger charge is 2.14. The summed E-state index contributed by atoms with van der Waals surface area (Å²) in [5, 5.41) is 10.9. The van der Waals surface area contributed by atoms with E-state index >= 15 is 0 Å². The molecule has 0 fully saturated rings. The molecule has 0 saturated carbocycles. The van der Waals surface area contributed by atoms with Gasteiger partial charge in [-0.2, -0.15) is 11.8 Å². The van der Waals surface area contributed by atoms with E-state index in [4.69, 9.17) is 5.73 Å². The van der Waals surface area contributed by atoms with E-state index in [1.165, 1.54) is 0 Å². The van der Waals surface area contributed by atoms with Gasteiger partial charge in [-0.1, -0.05) is 28.9 Å². The van der Waals surface area contributed by atoms with Crippen molar-refractivity contribution in [3.05, 3.63) is 38.3 Å². The summed E-state index contributed by atoms with van der Waals surface area (Å²) in [6, 6.07) is 5.17. The number of nitrogens with two attached hydrogens (primary N) is 1. The van der Waals surface area contributed by atoms with Crippen LogP contribution < -0.4 is 5.73 Å². The van der Waals surface area contributed by atoms with Crippen molar-refractivity contribution in [3.63, 3.8) is 0 Å². The lowest BCUT2D eigenvalue weighted by Gasteiger charge is -2.08. The molecule has 0 radical (unpaired) electrons. The Hall–Kier alpha value is -0.590. The van der Waals surface area contributed by atoms with Crippen molar-refractivity contribution in [1.29, 1.82) is 0 Å². The van der Waals surface area contributed by atoms with Gasteiger partial charge in [0.05, 0.1) is 4.92 Å². The first kappa shape index (κ1) is 14.5. The van der Waals surface area contributed by atoms with E-state index < -0.39 is 0 Å². The third-order valence-corrected chi connectivity index (χ3v) is 4.12. The Labute approximate surface area is 113 Å². The largest absolute Gasteiger partial charge is 0.330 e. The summed E-state index contributed by atoms with van der Waals surface area (Å²) in [6.45, 7) is 2.72. The normalized spacial score (nSPS) is 12.4. The zero-order valence-corrected chi connectivity index (χ0v) is 12.0. The molecule has 0 amide bonds. The van der Waals surface area contributed by atoms with E-state index in [2.05, 4.69) is 22.9 Å². The van der Waals surface area contributed by atoms with Crippen LogP contribution in [0.1, 0.15) is 12.5 Å². The van der Waals surface area contributed by atoms with E-state index in [1.54, 1.807) is 23.9 Å².